The molecule has 1 aliphatic heterocycles. The first-order valence-electron chi connectivity index (χ1n) is 7.56. The highest BCUT2D eigenvalue weighted by atomic mass is 79.9. The summed E-state index contributed by atoms with van der Waals surface area (Å²) in [7, 11) is 0. The predicted octanol–water partition coefficient (Wildman–Crippen LogP) is 2.42. The van der Waals surface area contributed by atoms with Crippen LogP contribution in [-0.2, 0) is 11.3 Å². The van der Waals surface area contributed by atoms with Crippen molar-refractivity contribution < 1.29 is 4.79 Å². The molecule has 114 valence electrons. The average Bonchev–Trinajstić information content (AvgIpc) is 3.24. The van der Waals surface area contributed by atoms with E-state index in [4.69, 9.17) is 0 Å². The van der Waals surface area contributed by atoms with Gasteiger partial charge in [0.2, 0.25) is 5.91 Å². The second-order valence-corrected chi connectivity index (χ2v) is 7.31. The molecule has 0 spiro atoms. The van der Waals surface area contributed by atoms with E-state index < -0.39 is 5.54 Å². The molecule has 2 fully saturated rings. The maximum absolute atomic E-state index is 12.2. The summed E-state index contributed by atoms with van der Waals surface area (Å²) in [4.78, 5) is 14.4. The number of carbonyl (C=O) groups is 1. The van der Waals surface area contributed by atoms with Crippen molar-refractivity contribution in [1.82, 2.24) is 10.6 Å². The van der Waals surface area contributed by atoms with Crippen LogP contribution < -0.4 is 15.5 Å². The van der Waals surface area contributed by atoms with Gasteiger partial charge < -0.3 is 15.5 Å². The quantitative estimate of drug-likeness (QED) is 0.875. The van der Waals surface area contributed by atoms with Crippen molar-refractivity contribution in [3.63, 3.8) is 0 Å². The zero-order valence-corrected chi connectivity index (χ0v) is 14.2. The Morgan fingerprint density at radius 3 is 2.90 bits per heavy atom. The van der Waals surface area contributed by atoms with E-state index in [1.165, 1.54) is 18.4 Å². The number of rotatable bonds is 4. The van der Waals surface area contributed by atoms with Gasteiger partial charge in [-0.25, -0.2) is 0 Å². The summed E-state index contributed by atoms with van der Waals surface area (Å²) < 4.78 is 1.08. The molecule has 21 heavy (non-hydrogen) atoms. The Morgan fingerprint density at radius 2 is 2.19 bits per heavy atom. The summed E-state index contributed by atoms with van der Waals surface area (Å²) in [5.41, 5.74) is 1.89. The van der Waals surface area contributed by atoms with Crippen molar-refractivity contribution >= 4 is 27.5 Å². The van der Waals surface area contributed by atoms with E-state index in [9.17, 15) is 4.79 Å². The molecule has 0 unspecified atom stereocenters. The van der Waals surface area contributed by atoms with Crippen LogP contribution >= 0.6 is 15.9 Å². The number of amides is 1. The van der Waals surface area contributed by atoms with Crippen molar-refractivity contribution in [2.24, 2.45) is 0 Å². The minimum atomic E-state index is -0.513. The fourth-order valence-corrected chi connectivity index (χ4v) is 3.23. The standard InChI is InChI=1S/C16H22BrN3O/c1-16(2)15(21)18-7-8-20(16)14-6-3-12(17)9-11(14)10-19-13-4-5-13/h3,6,9,13,19H,4-5,7-8,10H2,1-2H3,(H,18,21). The van der Waals surface area contributed by atoms with E-state index >= 15 is 0 Å². The fourth-order valence-electron chi connectivity index (χ4n) is 2.82. The number of anilines is 1. The van der Waals surface area contributed by atoms with Crippen LogP contribution in [-0.4, -0.2) is 30.6 Å². The smallest absolute Gasteiger partial charge is 0.245 e. The Hall–Kier alpha value is -1.07. The van der Waals surface area contributed by atoms with Gasteiger partial charge in [-0.15, -0.1) is 0 Å². The maximum Gasteiger partial charge on any atom is 0.245 e. The first kappa shape index (κ1) is 14.9. The first-order chi connectivity index (χ1) is 9.98. The van der Waals surface area contributed by atoms with Crippen LogP contribution in [0.1, 0.15) is 32.3 Å². The number of nitrogens with zero attached hydrogens (tertiary/aromatic N) is 1. The fraction of sp³-hybridized carbons (Fsp3) is 0.562. The SMILES string of the molecule is CC1(C)C(=O)NCCN1c1ccc(Br)cc1CNC1CC1. The third kappa shape index (κ3) is 3.09. The predicted molar refractivity (Wildman–Crippen MR) is 88.4 cm³/mol. The molecule has 2 aliphatic rings. The summed E-state index contributed by atoms with van der Waals surface area (Å²) in [6, 6.07) is 7.01. The van der Waals surface area contributed by atoms with Gasteiger partial charge in [0, 0.05) is 35.8 Å². The Kier molecular flexibility index (Phi) is 3.97. The van der Waals surface area contributed by atoms with Crippen LogP contribution in [0.4, 0.5) is 5.69 Å². The molecule has 1 aromatic rings. The minimum absolute atomic E-state index is 0.0952. The van der Waals surface area contributed by atoms with E-state index in [0.717, 1.165) is 23.2 Å². The van der Waals surface area contributed by atoms with Crippen molar-refractivity contribution in [3.05, 3.63) is 28.2 Å². The van der Waals surface area contributed by atoms with Crippen LogP contribution in [0.15, 0.2) is 22.7 Å². The van der Waals surface area contributed by atoms with Crippen LogP contribution in [0.5, 0.6) is 0 Å². The zero-order chi connectivity index (χ0) is 15.0. The van der Waals surface area contributed by atoms with Gasteiger partial charge in [0.25, 0.3) is 0 Å². The summed E-state index contributed by atoms with van der Waals surface area (Å²) in [6.07, 6.45) is 2.56. The third-order valence-electron chi connectivity index (χ3n) is 4.34. The lowest BCUT2D eigenvalue weighted by Crippen LogP contribution is -2.62. The molecule has 3 rings (SSSR count). The van der Waals surface area contributed by atoms with Crippen molar-refractivity contribution in [2.75, 3.05) is 18.0 Å². The number of halogens is 1. The highest BCUT2D eigenvalue weighted by Crippen LogP contribution is 2.32. The monoisotopic (exact) mass is 351 g/mol. The second-order valence-electron chi connectivity index (χ2n) is 6.39. The molecule has 2 N–H and O–H groups in total. The number of piperazine rings is 1. The van der Waals surface area contributed by atoms with Crippen molar-refractivity contribution in [2.45, 2.75) is 44.8 Å². The van der Waals surface area contributed by atoms with Gasteiger partial charge in [0.1, 0.15) is 5.54 Å². The van der Waals surface area contributed by atoms with Crippen molar-refractivity contribution in [3.8, 4) is 0 Å². The summed E-state index contributed by atoms with van der Waals surface area (Å²) in [5, 5.41) is 6.53. The molecular formula is C16H22BrN3O. The van der Waals surface area contributed by atoms with Gasteiger partial charge in [0.15, 0.2) is 0 Å². The highest BCUT2D eigenvalue weighted by Gasteiger charge is 2.38. The number of benzene rings is 1. The number of hydrogen-bond acceptors (Lipinski definition) is 3. The molecule has 5 heteroatoms. The van der Waals surface area contributed by atoms with Gasteiger partial charge >= 0.3 is 0 Å². The minimum Gasteiger partial charge on any atom is -0.355 e. The Labute approximate surface area is 134 Å². The van der Waals surface area contributed by atoms with Gasteiger partial charge in [-0.2, -0.15) is 0 Å². The summed E-state index contributed by atoms with van der Waals surface area (Å²) in [5.74, 6) is 0.0952. The molecule has 0 atom stereocenters. The molecule has 1 aromatic carbocycles. The van der Waals surface area contributed by atoms with E-state index in [-0.39, 0.29) is 5.91 Å². The van der Waals surface area contributed by atoms with Crippen molar-refractivity contribution in [1.29, 1.82) is 0 Å². The molecule has 1 heterocycles. The topological polar surface area (TPSA) is 44.4 Å². The van der Waals surface area contributed by atoms with E-state index in [2.05, 4.69) is 49.7 Å². The molecule has 1 amide bonds. The Morgan fingerprint density at radius 1 is 1.43 bits per heavy atom. The maximum atomic E-state index is 12.2. The largest absolute Gasteiger partial charge is 0.355 e. The lowest BCUT2D eigenvalue weighted by molar-refractivity contribution is -0.126. The molecular weight excluding hydrogens is 330 g/mol. The van der Waals surface area contributed by atoms with Crippen LogP contribution in [0, 0.1) is 0 Å². The Balaban J connectivity index is 1.90. The number of nitrogens with one attached hydrogen (secondary N) is 2. The molecule has 1 aliphatic carbocycles. The average molecular weight is 352 g/mol. The lowest BCUT2D eigenvalue weighted by atomic mass is 9.96. The zero-order valence-electron chi connectivity index (χ0n) is 12.6. The number of carbonyl (C=O) groups excluding carboxylic acids is 1. The summed E-state index contributed by atoms with van der Waals surface area (Å²) >= 11 is 3.56. The van der Waals surface area contributed by atoms with E-state index in [1.54, 1.807) is 0 Å². The first-order valence-corrected chi connectivity index (χ1v) is 8.35. The van der Waals surface area contributed by atoms with Gasteiger partial charge in [-0.3, -0.25) is 4.79 Å². The molecule has 0 bridgehead atoms. The molecule has 1 saturated heterocycles. The van der Waals surface area contributed by atoms with Gasteiger partial charge in [-0.05, 0) is 50.5 Å². The summed E-state index contributed by atoms with van der Waals surface area (Å²) in [6.45, 7) is 6.38. The Bertz CT molecular complexity index is 554. The van der Waals surface area contributed by atoms with Gasteiger partial charge in [0.05, 0.1) is 0 Å². The van der Waals surface area contributed by atoms with Crippen LogP contribution in [0.2, 0.25) is 0 Å². The third-order valence-corrected chi connectivity index (χ3v) is 4.84. The molecule has 0 radical (unpaired) electrons. The molecule has 1 saturated carbocycles. The lowest BCUT2D eigenvalue weighted by Gasteiger charge is -2.43. The van der Waals surface area contributed by atoms with Gasteiger partial charge in [-0.1, -0.05) is 15.9 Å². The van der Waals surface area contributed by atoms with E-state index in [1.807, 2.05) is 13.8 Å². The van der Waals surface area contributed by atoms with E-state index in [0.29, 0.717) is 12.6 Å². The molecule has 4 nitrogen and oxygen atoms in total. The normalized spacial score (nSPS) is 21.3. The van der Waals surface area contributed by atoms with Crippen LogP contribution in [0.25, 0.3) is 0 Å². The molecule has 0 aromatic heterocycles. The second kappa shape index (κ2) is 5.61. The van der Waals surface area contributed by atoms with Crippen LogP contribution in [0.3, 0.4) is 0 Å². The highest BCUT2D eigenvalue weighted by molar-refractivity contribution is 9.10. The number of hydrogen-bond donors (Lipinski definition) is 2.